The molecule has 19 heavy (non-hydrogen) atoms. The predicted molar refractivity (Wildman–Crippen MR) is 77.9 cm³/mol. The fourth-order valence-electron chi connectivity index (χ4n) is 2.86. The third-order valence-corrected chi connectivity index (χ3v) is 4.34. The highest BCUT2D eigenvalue weighted by atomic mass is 32.2. The van der Waals surface area contributed by atoms with E-state index in [1.54, 1.807) is 0 Å². The first-order valence-electron chi connectivity index (χ1n) is 6.83. The van der Waals surface area contributed by atoms with Crippen molar-refractivity contribution in [3.05, 3.63) is 42.5 Å². The van der Waals surface area contributed by atoms with E-state index in [1.165, 1.54) is 37.9 Å². The van der Waals surface area contributed by atoms with Crippen LogP contribution in [0.15, 0.2) is 41.6 Å². The van der Waals surface area contributed by atoms with Crippen molar-refractivity contribution in [2.45, 2.75) is 42.9 Å². The number of rotatable bonds is 3. The maximum atomic E-state index is 9.02. The van der Waals surface area contributed by atoms with E-state index in [-0.39, 0.29) is 0 Å². The highest BCUT2D eigenvalue weighted by Gasteiger charge is 2.20. The molecule has 100 valence electrons. The first-order valence-corrected chi connectivity index (χ1v) is 7.61. The molecule has 4 heteroatoms. The molecule has 0 atom stereocenters. The zero-order valence-electron chi connectivity index (χ0n) is 10.8. The van der Waals surface area contributed by atoms with E-state index in [0.717, 1.165) is 22.6 Å². The Hall–Kier alpha value is -1.26. The van der Waals surface area contributed by atoms with Gasteiger partial charge in [0, 0.05) is 40.9 Å². The van der Waals surface area contributed by atoms with Crippen molar-refractivity contribution < 1.29 is 4.55 Å². The molecule has 0 amide bonds. The van der Waals surface area contributed by atoms with Crippen molar-refractivity contribution in [1.29, 1.82) is 0 Å². The second kappa shape index (κ2) is 5.80. The van der Waals surface area contributed by atoms with Crippen molar-refractivity contribution in [1.82, 2.24) is 9.55 Å². The zero-order chi connectivity index (χ0) is 13.1. The summed E-state index contributed by atoms with van der Waals surface area (Å²) in [6.45, 7) is 0. The van der Waals surface area contributed by atoms with Gasteiger partial charge in [-0.15, -0.1) is 0 Å². The van der Waals surface area contributed by atoms with Crippen LogP contribution >= 0.6 is 12.0 Å². The normalized spacial score (nSPS) is 16.7. The Balaban J connectivity index is 1.89. The van der Waals surface area contributed by atoms with Crippen molar-refractivity contribution in [2.75, 3.05) is 0 Å². The summed E-state index contributed by atoms with van der Waals surface area (Å²) in [7, 11) is 0. The Morgan fingerprint density at radius 2 is 1.84 bits per heavy atom. The number of hydrogen-bond donors (Lipinski definition) is 1. The minimum Gasteiger partial charge on any atom is -0.325 e. The third-order valence-electron chi connectivity index (χ3n) is 3.86. The lowest BCUT2D eigenvalue weighted by Crippen LogP contribution is -2.10. The Morgan fingerprint density at radius 3 is 2.53 bits per heavy atom. The fourth-order valence-corrected chi connectivity index (χ4v) is 3.12. The van der Waals surface area contributed by atoms with Gasteiger partial charge in [-0.2, -0.15) is 0 Å². The fraction of sp³-hybridized carbons (Fsp3) is 0.400. The molecular formula is C15H18N2OS. The largest absolute Gasteiger partial charge is 0.325 e. The molecule has 0 saturated heterocycles. The van der Waals surface area contributed by atoms with Crippen molar-refractivity contribution in [3.8, 4) is 5.69 Å². The second-order valence-electron chi connectivity index (χ2n) is 5.08. The lowest BCUT2D eigenvalue weighted by Gasteiger charge is -2.22. The summed E-state index contributed by atoms with van der Waals surface area (Å²) in [4.78, 5) is 5.43. The molecule has 1 aliphatic rings. The van der Waals surface area contributed by atoms with Crippen molar-refractivity contribution >= 4 is 12.0 Å². The van der Waals surface area contributed by atoms with Crippen LogP contribution in [0.3, 0.4) is 0 Å². The summed E-state index contributed by atoms with van der Waals surface area (Å²) >= 11 is 0.782. The lowest BCUT2D eigenvalue weighted by molar-refractivity contribution is 0.425. The van der Waals surface area contributed by atoms with E-state index in [9.17, 15) is 0 Å². The van der Waals surface area contributed by atoms with E-state index in [4.69, 9.17) is 4.55 Å². The lowest BCUT2D eigenvalue weighted by atomic mass is 9.88. The van der Waals surface area contributed by atoms with Crippen LogP contribution < -0.4 is 0 Å². The van der Waals surface area contributed by atoms with Crippen LogP contribution in [0.2, 0.25) is 0 Å². The highest BCUT2D eigenvalue weighted by Crippen LogP contribution is 2.32. The summed E-state index contributed by atoms with van der Waals surface area (Å²) < 4.78 is 11.2. The molecule has 2 aromatic rings. The smallest absolute Gasteiger partial charge is 0.116 e. The van der Waals surface area contributed by atoms with Gasteiger partial charge in [0.05, 0.1) is 0 Å². The minimum absolute atomic E-state index is 0.593. The van der Waals surface area contributed by atoms with E-state index in [0.29, 0.717) is 5.92 Å². The average molecular weight is 274 g/mol. The number of nitrogens with zero attached hydrogens (tertiary/aromatic N) is 2. The van der Waals surface area contributed by atoms with Crippen LogP contribution in [0.25, 0.3) is 5.69 Å². The summed E-state index contributed by atoms with van der Waals surface area (Å²) in [5.41, 5.74) is 1.12. The van der Waals surface area contributed by atoms with Crippen LogP contribution in [0, 0.1) is 0 Å². The molecule has 1 aliphatic carbocycles. The Morgan fingerprint density at radius 1 is 1.11 bits per heavy atom. The van der Waals surface area contributed by atoms with Gasteiger partial charge in [-0.1, -0.05) is 19.3 Å². The van der Waals surface area contributed by atoms with Gasteiger partial charge >= 0.3 is 0 Å². The van der Waals surface area contributed by atoms with E-state index in [2.05, 4.69) is 9.55 Å². The standard InChI is InChI=1S/C15H18N2OS/c18-19-14-8-6-13(7-9-14)17-11-10-16-15(17)12-4-2-1-3-5-12/h6-12,18H,1-5H2. The molecule has 3 rings (SSSR count). The van der Waals surface area contributed by atoms with Gasteiger partial charge in [-0.05, 0) is 37.1 Å². The molecule has 1 aromatic carbocycles. The molecule has 0 unspecified atom stereocenters. The zero-order valence-corrected chi connectivity index (χ0v) is 11.6. The third kappa shape index (κ3) is 2.69. The number of benzene rings is 1. The van der Waals surface area contributed by atoms with Crippen LogP contribution in [0.5, 0.6) is 0 Å². The highest BCUT2D eigenvalue weighted by molar-refractivity contribution is 7.93. The van der Waals surface area contributed by atoms with Crippen LogP contribution in [0.4, 0.5) is 0 Å². The molecular weight excluding hydrogens is 256 g/mol. The van der Waals surface area contributed by atoms with Crippen molar-refractivity contribution in [2.24, 2.45) is 0 Å². The SMILES string of the molecule is OSc1ccc(-n2ccnc2C2CCCCC2)cc1. The number of hydrogen-bond acceptors (Lipinski definition) is 3. The molecule has 1 saturated carbocycles. The molecule has 0 bridgehead atoms. The summed E-state index contributed by atoms with van der Waals surface area (Å²) in [6, 6.07) is 7.94. The van der Waals surface area contributed by atoms with Gasteiger partial charge in [0.15, 0.2) is 0 Å². The molecule has 0 radical (unpaired) electrons. The molecule has 0 aliphatic heterocycles. The molecule has 0 spiro atoms. The Bertz CT molecular complexity index is 529. The molecule has 1 N–H and O–H groups in total. The Labute approximate surface area is 117 Å². The second-order valence-corrected chi connectivity index (χ2v) is 5.73. The maximum absolute atomic E-state index is 9.02. The van der Waals surface area contributed by atoms with Gasteiger partial charge in [-0.3, -0.25) is 0 Å². The van der Waals surface area contributed by atoms with Gasteiger partial charge in [-0.25, -0.2) is 4.98 Å². The average Bonchev–Trinajstić information content (AvgIpc) is 2.98. The monoisotopic (exact) mass is 274 g/mol. The quantitative estimate of drug-likeness (QED) is 0.838. The van der Waals surface area contributed by atoms with Gasteiger partial charge < -0.3 is 9.12 Å². The van der Waals surface area contributed by atoms with Crippen LogP contribution in [-0.4, -0.2) is 14.1 Å². The number of aromatic nitrogens is 2. The summed E-state index contributed by atoms with van der Waals surface area (Å²) in [6.07, 6.45) is 10.4. The Kier molecular flexibility index (Phi) is 3.89. The molecule has 3 nitrogen and oxygen atoms in total. The molecule has 1 heterocycles. The van der Waals surface area contributed by atoms with E-state index in [1.807, 2.05) is 36.7 Å². The minimum atomic E-state index is 0.593. The maximum Gasteiger partial charge on any atom is 0.116 e. The first kappa shape index (κ1) is 12.8. The van der Waals surface area contributed by atoms with Gasteiger partial charge in [0.2, 0.25) is 0 Å². The van der Waals surface area contributed by atoms with Gasteiger partial charge in [0.25, 0.3) is 0 Å². The van der Waals surface area contributed by atoms with E-state index >= 15 is 0 Å². The number of imidazole rings is 1. The predicted octanol–water partition coefficient (Wildman–Crippen LogP) is 4.49. The van der Waals surface area contributed by atoms with Crippen molar-refractivity contribution in [3.63, 3.8) is 0 Å². The molecule has 1 aromatic heterocycles. The first-order chi connectivity index (χ1) is 9.38. The summed E-state index contributed by atoms with van der Waals surface area (Å²) in [5.74, 6) is 1.78. The molecule has 1 fully saturated rings. The van der Waals surface area contributed by atoms with Crippen LogP contribution in [-0.2, 0) is 0 Å². The summed E-state index contributed by atoms with van der Waals surface area (Å²) in [5, 5.41) is 0. The van der Waals surface area contributed by atoms with E-state index < -0.39 is 0 Å². The topological polar surface area (TPSA) is 38.0 Å². The van der Waals surface area contributed by atoms with Gasteiger partial charge in [0.1, 0.15) is 5.82 Å². The van der Waals surface area contributed by atoms with Crippen LogP contribution in [0.1, 0.15) is 43.8 Å².